The number of carbonyl (C=O) groups is 1. The van der Waals surface area contributed by atoms with Crippen LogP contribution in [0.4, 0.5) is 10.5 Å². The first-order chi connectivity index (χ1) is 14.0. The molecule has 1 N–H and O–H groups in total. The molecule has 0 bridgehead atoms. The van der Waals surface area contributed by atoms with Gasteiger partial charge in [0.1, 0.15) is 30.3 Å². The van der Waals surface area contributed by atoms with Crippen LogP contribution in [0.3, 0.4) is 0 Å². The van der Waals surface area contributed by atoms with E-state index < -0.39 is 6.09 Å². The topological polar surface area (TPSA) is 110 Å². The maximum Gasteiger partial charge on any atom is 0.411 e. The van der Waals surface area contributed by atoms with Gasteiger partial charge in [0.25, 0.3) is 0 Å². The molecule has 0 aliphatic carbocycles. The molecule has 0 atom stereocenters. The summed E-state index contributed by atoms with van der Waals surface area (Å²) in [5, 5.41) is 11.0. The van der Waals surface area contributed by atoms with E-state index in [1.54, 1.807) is 59.3 Å². The van der Waals surface area contributed by atoms with Gasteiger partial charge < -0.3 is 14.2 Å². The summed E-state index contributed by atoms with van der Waals surface area (Å²) in [5.74, 6) is 0.529. The summed E-state index contributed by atoms with van der Waals surface area (Å²) in [6.45, 7) is 0.506. The molecule has 10 heteroatoms. The second-order valence-electron chi connectivity index (χ2n) is 6.01. The van der Waals surface area contributed by atoms with Gasteiger partial charge in [-0.05, 0) is 24.3 Å². The van der Waals surface area contributed by atoms with E-state index in [2.05, 4.69) is 15.5 Å². The van der Waals surface area contributed by atoms with Gasteiger partial charge >= 0.3 is 6.09 Å². The highest BCUT2D eigenvalue weighted by atomic mass is 16.6. The molecular weight excluding hydrogens is 378 g/mol. The zero-order valence-corrected chi connectivity index (χ0v) is 16.1. The van der Waals surface area contributed by atoms with Crippen molar-refractivity contribution in [3.8, 4) is 11.4 Å². The SMILES string of the molecule is COCCOC(=O)Nc1ccc(OCc2nn(-c3cnn(C)c3)ccc2=O)cc1. The van der Waals surface area contributed by atoms with Crippen LogP contribution in [0.5, 0.6) is 5.75 Å². The number of aromatic nitrogens is 4. The van der Waals surface area contributed by atoms with E-state index in [-0.39, 0.29) is 24.3 Å². The number of hydrogen-bond donors (Lipinski definition) is 1. The molecule has 1 aromatic carbocycles. The van der Waals surface area contributed by atoms with Gasteiger partial charge in [0, 0.05) is 32.1 Å². The van der Waals surface area contributed by atoms with Crippen LogP contribution in [0.15, 0.2) is 53.7 Å². The first-order valence-electron chi connectivity index (χ1n) is 8.78. The third-order valence-electron chi connectivity index (χ3n) is 3.83. The maximum absolute atomic E-state index is 12.1. The summed E-state index contributed by atoms with van der Waals surface area (Å²) in [6, 6.07) is 8.11. The van der Waals surface area contributed by atoms with Crippen LogP contribution in [-0.2, 0) is 23.1 Å². The van der Waals surface area contributed by atoms with Gasteiger partial charge in [-0.25, -0.2) is 9.48 Å². The normalized spacial score (nSPS) is 10.6. The van der Waals surface area contributed by atoms with E-state index in [1.165, 1.54) is 13.2 Å². The standard InChI is InChI=1S/C19H21N5O5/c1-23-12-15(11-20-23)24-8-7-18(25)17(22-24)13-29-16-5-3-14(4-6-16)21-19(26)28-10-9-27-2/h3-8,11-12H,9-10,13H2,1-2H3,(H,21,26). The average Bonchev–Trinajstić information content (AvgIpc) is 3.15. The molecule has 10 nitrogen and oxygen atoms in total. The van der Waals surface area contributed by atoms with E-state index >= 15 is 0 Å². The Morgan fingerprint density at radius 3 is 2.66 bits per heavy atom. The number of nitrogens with one attached hydrogen (secondary N) is 1. The fourth-order valence-electron chi connectivity index (χ4n) is 2.38. The average molecular weight is 399 g/mol. The molecule has 0 fully saturated rings. The largest absolute Gasteiger partial charge is 0.487 e. The smallest absolute Gasteiger partial charge is 0.411 e. The number of nitrogens with zero attached hydrogens (tertiary/aromatic N) is 4. The highest BCUT2D eigenvalue weighted by Gasteiger charge is 2.07. The van der Waals surface area contributed by atoms with Crippen molar-refractivity contribution in [1.29, 1.82) is 0 Å². The third-order valence-corrected chi connectivity index (χ3v) is 3.83. The molecule has 2 heterocycles. The molecule has 29 heavy (non-hydrogen) atoms. The summed E-state index contributed by atoms with van der Waals surface area (Å²) in [7, 11) is 3.33. The van der Waals surface area contributed by atoms with Crippen molar-refractivity contribution in [3.63, 3.8) is 0 Å². The van der Waals surface area contributed by atoms with E-state index in [9.17, 15) is 9.59 Å². The molecule has 0 aliphatic rings. The Morgan fingerprint density at radius 2 is 1.97 bits per heavy atom. The highest BCUT2D eigenvalue weighted by Crippen LogP contribution is 2.16. The minimum Gasteiger partial charge on any atom is -0.487 e. The number of amides is 1. The number of rotatable bonds is 8. The van der Waals surface area contributed by atoms with Crippen molar-refractivity contribution in [1.82, 2.24) is 19.6 Å². The molecular formula is C19H21N5O5. The first-order valence-corrected chi connectivity index (χ1v) is 8.78. The zero-order valence-electron chi connectivity index (χ0n) is 16.1. The number of aryl methyl sites for hydroxylation is 1. The van der Waals surface area contributed by atoms with Gasteiger partial charge in [-0.1, -0.05) is 0 Å². The fourth-order valence-corrected chi connectivity index (χ4v) is 2.38. The lowest BCUT2D eigenvalue weighted by atomic mass is 10.3. The van der Waals surface area contributed by atoms with Crippen molar-refractivity contribution < 1.29 is 19.0 Å². The Hall–Kier alpha value is -3.66. The molecule has 3 rings (SSSR count). The number of methoxy groups -OCH3 is 1. The van der Waals surface area contributed by atoms with Crippen LogP contribution in [-0.4, -0.2) is 46.0 Å². The lowest BCUT2D eigenvalue weighted by molar-refractivity contribution is 0.107. The summed E-state index contributed by atoms with van der Waals surface area (Å²) in [5.41, 5.74) is 1.33. The van der Waals surface area contributed by atoms with Crippen molar-refractivity contribution in [2.45, 2.75) is 6.61 Å². The number of benzene rings is 1. The Bertz CT molecular complexity index is 1010. The van der Waals surface area contributed by atoms with Crippen molar-refractivity contribution in [2.75, 3.05) is 25.6 Å². The van der Waals surface area contributed by atoms with Gasteiger partial charge in [-0.2, -0.15) is 10.2 Å². The molecule has 0 unspecified atom stereocenters. The van der Waals surface area contributed by atoms with Crippen molar-refractivity contribution in [2.24, 2.45) is 7.05 Å². The summed E-state index contributed by atoms with van der Waals surface area (Å²) < 4.78 is 18.6. The molecule has 0 radical (unpaired) electrons. The lowest BCUT2D eigenvalue weighted by Crippen LogP contribution is -2.18. The second-order valence-corrected chi connectivity index (χ2v) is 6.01. The second kappa shape index (κ2) is 9.51. The molecule has 0 aliphatic heterocycles. The van der Waals surface area contributed by atoms with Crippen LogP contribution in [0, 0.1) is 0 Å². The summed E-state index contributed by atoms with van der Waals surface area (Å²) in [4.78, 5) is 23.7. The van der Waals surface area contributed by atoms with Gasteiger partial charge in [0.05, 0.1) is 19.0 Å². The minimum atomic E-state index is -0.569. The number of anilines is 1. The van der Waals surface area contributed by atoms with E-state index in [4.69, 9.17) is 14.2 Å². The molecule has 0 spiro atoms. The predicted molar refractivity (Wildman–Crippen MR) is 104 cm³/mol. The van der Waals surface area contributed by atoms with Crippen LogP contribution in [0.25, 0.3) is 5.69 Å². The van der Waals surface area contributed by atoms with E-state index in [1.807, 2.05) is 0 Å². The minimum absolute atomic E-state index is 0.00572. The quantitative estimate of drug-likeness (QED) is 0.575. The predicted octanol–water partition coefficient (Wildman–Crippen LogP) is 1.74. The molecule has 0 saturated carbocycles. The van der Waals surface area contributed by atoms with Crippen LogP contribution in [0.2, 0.25) is 0 Å². The fraction of sp³-hybridized carbons (Fsp3) is 0.263. The Balaban J connectivity index is 1.59. The van der Waals surface area contributed by atoms with Gasteiger partial charge in [0.15, 0.2) is 0 Å². The Morgan fingerprint density at radius 1 is 1.17 bits per heavy atom. The number of ether oxygens (including phenoxy) is 3. The highest BCUT2D eigenvalue weighted by molar-refractivity contribution is 5.84. The van der Waals surface area contributed by atoms with Gasteiger partial charge in [0.2, 0.25) is 5.43 Å². The first kappa shape index (κ1) is 20.1. The van der Waals surface area contributed by atoms with Gasteiger partial charge in [-0.3, -0.25) is 14.8 Å². The van der Waals surface area contributed by atoms with E-state index in [0.29, 0.717) is 18.0 Å². The zero-order chi connectivity index (χ0) is 20.6. The monoisotopic (exact) mass is 399 g/mol. The van der Waals surface area contributed by atoms with Gasteiger partial charge in [-0.15, -0.1) is 0 Å². The molecule has 1 amide bonds. The molecule has 3 aromatic rings. The summed E-state index contributed by atoms with van der Waals surface area (Å²) >= 11 is 0. The van der Waals surface area contributed by atoms with Crippen molar-refractivity contribution in [3.05, 3.63) is 64.8 Å². The Kier molecular flexibility index (Phi) is 6.59. The lowest BCUT2D eigenvalue weighted by Gasteiger charge is -2.09. The van der Waals surface area contributed by atoms with Crippen LogP contribution < -0.4 is 15.5 Å². The van der Waals surface area contributed by atoms with Crippen molar-refractivity contribution >= 4 is 11.8 Å². The van der Waals surface area contributed by atoms with Crippen LogP contribution in [0.1, 0.15) is 5.69 Å². The number of carbonyl (C=O) groups excluding carboxylic acids is 1. The van der Waals surface area contributed by atoms with E-state index in [0.717, 1.165) is 5.69 Å². The molecule has 152 valence electrons. The third kappa shape index (κ3) is 5.66. The Labute approximate surface area is 166 Å². The maximum atomic E-state index is 12.1. The molecule has 2 aromatic heterocycles. The number of hydrogen-bond acceptors (Lipinski definition) is 7. The molecule has 0 saturated heterocycles. The summed E-state index contributed by atoms with van der Waals surface area (Å²) in [6.07, 6.45) is 4.44. The van der Waals surface area contributed by atoms with Crippen LogP contribution >= 0.6 is 0 Å².